The standard InChI is InChI=1S/C15H18F3N5O/c1-9(22(2)10-3-4-10)8-20-14(24)11-7-13-19-6-5-12(15(16,17)18)23(13)21-11/h5-7,9-10H,3-4,8H2,1-2H3,(H,20,24). The van der Waals surface area contributed by atoms with Crippen molar-refractivity contribution in [3.05, 3.63) is 29.7 Å². The molecule has 0 radical (unpaired) electrons. The number of rotatable bonds is 5. The summed E-state index contributed by atoms with van der Waals surface area (Å²) in [6, 6.07) is 2.78. The Morgan fingerprint density at radius 1 is 1.50 bits per heavy atom. The van der Waals surface area contributed by atoms with Gasteiger partial charge in [-0.1, -0.05) is 0 Å². The highest BCUT2D eigenvalue weighted by molar-refractivity contribution is 5.93. The minimum Gasteiger partial charge on any atom is -0.349 e. The van der Waals surface area contributed by atoms with E-state index in [0.29, 0.717) is 17.1 Å². The molecule has 1 aliphatic carbocycles. The summed E-state index contributed by atoms with van der Waals surface area (Å²) < 4.78 is 39.5. The van der Waals surface area contributed by atoms with Gasteiger partial charge in [0.05, 0.1) is 0 Å². The quantitative estimate of drug-likeness (QED) is 0.903. The van der Waals surface area contributed by atoms with Gasteiger partial charge in [-0.05, 0) is 32.9 Å². The normalized spacial score (nSPS) is 16.6. The number of hydrogen-bond acceptors (Lipinski definition) is 4. The van der Waals surface area contributed by atoms with Crippen LogP contribution in [0.5, 0.6) is 0 Å². The van der Waals surface area contributed by atoms with E-state index in [1.807, 2.05) is 14.0 Å². The number of halogens is 3. The lowest BCUT2D eigenvalue weighted by Crippen LogP contribution is -2.41. The predicted octanol–water partition coefficient (Wildman–Crippen LogP) is 1.96. The molecule has 0 aromatic carbocycles. The fourth-order valence-electron chi connectivity index (χ4n) is 2.54. The van der Waals surface area contributed by atoms with Crippen molar-refractivity contribution >= 4 is 11.6 Å². The molecule has 0 saturated heterocycles. The minimum absolute atomic E-state index is 0.0156. The van der Waals surface area contributed by atoms with E-state index >= 15 is 0 Å². The average molecular weight is 341 g/mol. The summed E-state index contributed by atoms with van der Waals surface area (Å²) in [5.74, 6) is -0.510. The number of alkyl halides is 3. The highest BCUT2D eigenvalue weighted by Crippen LogP contribution is 2.29. The van der Waals surface area contributed by atoms with Crippen molar-refractivity contribution in [1.82, 2.24) is 24.8 Å². The third kappa shape index (κ3) is 3.35. The highest BCUT2D eigenvalue weighted by atomic mass is 19.4. The number of fused-ring (bicyclic) bond motifs is 1. The maximum Gasteiger partial charge on any atom is 0.433 e. The zero-order chi connectivity index (χ0) is 17.5. The van der Waals surface area contributed by atoms with Crippen LogP contribution >= 0.6 is 0 Å². The predicted molar refractivity (Wildman–Crippen MR) is 80.6 cm³/mol. The topological polar surface area (TPSA) is 62.5 Å². The van der Waals surface area contributed by atoms with Gasteiger partial charge < -0.3 is 5.32 Å². The van der Waals surface area contributed by atoms with Crippen molar-refractivity contribution in [2.45, 2.75) is 38.0 Å². The first kappa shape index (κ1) is 16.7. The van der Waals surface area contributed by atoms with Crippen molar-refractivity contribution in [3.63, 3.8) is 0 Å². The maximum atomic E-state index is 13.0. The number of nitrogens with one attached hydrogen (secondary N) is 1. The summed E-state index contributed by atoms with van der Waals surface area (Å²) in [5.41, 5.74) is -1.06. The number of nitrogens with zero attached hydrogens (tertiary/aromatic N) is 4. The van der Waals surface area contributed by atoms with Gasteiger partial charge in [0.15, 0.2) is 11.3 Å². The Bertz CT molecular complexity index is 753. The van der Waals surface area contributed by atoms with Crippen molar-refractivity contribution < 1.29 is 18.0 Å². The Balaban J connectivity index is 1.73. The SMILES string of the molecule is CC(CNC(=O)c1cc2nccc(C(F)(F)F)n2n1)N(C)C1CC1. The average Bonchev–Trinajstić information content (AvgIpc) is 3.28. The lowest BCUT2D eigenvalue weighted by Gasteiger charge is -2.24. The van der Waals surface area contributed by atoms with Crippen LogP contribution in [-0.4, -0.2) is 51.1 Å². The number of carbonyl (C=O) groups is 1. The number of aromatic nitrogens is 3. The molecular weight excluding hydrogens is 323 g/mol. The highest BCUT2D eigenvalue weighted by Gasteiger charge is 2.34. The fraction of sp³-hybridized carbons (Fsp3) is 0.533. The van der Waals surface area contributed by atoms with Crippen LogP contribution in [-0.2, 0) is 6.18 Å². The maximum absolute atomic E-state index is 13.0. The third-order valence-corrected chi connectivity index (χ3v) is 4.26. The molecule has 1 amide bonds. The number of likely N-dealkylation sites (N-methyl/N-ethyl adjacent to an activating group) is 1. The lowest BCUT2D eigenvalue weighted by atomic mass is 10.3. The number of amides is 1. The molecule has 2 heterocycles. The van der Waals surface area contributed by atoms with Crippen LogP contribution in [0.3, 0.4) is 0 Å². The first-order valence-electron chi connectivity index (χ1n) is 7.69. The molecule has 0 aliphatic heterocycles. The Morgan fingerprint density at radius 3 is 2.83 bits per heavy atom. The zero-order valence-electron chi connectivity index (χ0n) is 13.3. The van der Waals surface area contributed by atoms with Crippen LogP contribution in [0.4, 0.5) is 13.2 Å². The molecule has 1 atom stereocenters. The van der Waals surface area contributed by atoms with Gasteiger partial charge in [-0.2, -0.15) is 18.3 Å². The van der Waals surface area contributed by atoms with Crippen LogP contribution < -0.4 is 5.32 Å². The number of carbonyl (C=O) groups excluding carboxylic acids is 1. The summed E-state index contributed by atoms with van der Waals surface area (Å²) in [5, 5.41) is 6.47. The smallest absolute Gasteiger partial charge is 0.349 e. The molecule has 1 N–H and O–H groups in total. The molecule has 9 heteroatoms. The van der Waals surface area contributed by atoms with Crippen molar-refractivity contribution in [3.8, 4) is 0 Å². The molecule has 1 saturated carbocycles. The van der Waals surface area contributed by atoms with E-state index in [1.165, 1.54) is 6.07 Å². The van der Waals surface area contributed by atoms with Gasteiger partial charge in [0.2, 0.25) is 0 Å². The molecule has 0 bridgehead atoms. The first-order chi connectivity index (χ1) is 11.3. The second-order valence-electron chi connectivity index (χ2n) is 6.08. The van der Waals surface area contributed by atoms with Crippen LogP contribution in [0.15, 0.2) is 18.3 Å². The minimum atomic E-state index is -4.57. The van der Waals surface area contributed by atoms with Gasteiger partial charge in [-0.3, -0.25) is 9.69 Å². The van der Waals surface area contributed by atoms with Crippen LogP contribution in [0.25, 0.3) is 5.65 Å². The summed E-state index contributed by atoms with van der Waals surface area (Å²) >= 11 is 0. The monoisotopic (exact) mass is 341 g/mol. The van der Waals surface area contributed by atoms with E-state index in [1.54, 1.807) is 0 Å². The lowest BCUT2D eigenvalue weighted by molar-refractivity contribution is -0.142. The molecule has 1 fully saturated rings. The molecule has 130 valence electrons. The molecule has 1 unspecified atom stereocenters. The summed E-state index contributed by atoms with van der Waals surface area (Å²) in [6.07, 6.45) is -1.20. The summed E-state index contributed by atoms with van der Waals surface area (Å²) in [7, 11) is 2.00. The van der Waals surface area contributed by atoms with Gasteiger partial charge in [0.25, 0.3) is 5.91 Å². The number of hydrogen-bond donors (Lipinski definition) is 1. The van der Waals surface area contributed by atoms with Crippen LogP contribution in [0.1, 0.15) is 35.9 Å². The molecule has 2 aromatic heterocycles. The molecule has 0 spiro atoms. The van der Waals surface area contributed by atoms with Gasteiger partial charge in [0, 0.05) is 30.9 Å². The van der Waals surface area contributed by atoms with Crippen LogP contribution in [0, 0.1) is 0 Å². The van der Waals surface area contributed by atoms with Gasteiger partial charge in [-0.15, -0.1) is 0 Å². The van der Waals surface area contributed by atoms with E-state index in [9.17, 15) is 18.0 Å². The van der Waals surface area contributed by atoms with E-state index < -0.39 is 17.8 Å². The largest absolute Gasteiger partial charge is 0.433 e. The molecule has 3 rings (SSSR count). The molecule has 24 heavy (non-hydrogen) atoms. The van der Waals surface area contributed by atoms with Crippen molar-refractivity contribution in [2.75, 3.05) is 13.6 Å². The van der Waals surface area contributed by atoms with E-state index in [2.05, 4.69) is 20.3 Å². The summed E-state index contributed by atoms with van der Waals surface area (Å²) in [6.45, 7) is 2.39. The Labute approximate surface area is 136 Å². The molecular formula is C15H18F3N5O. The van der Waals surface area contributed by atoms with E-state index in [4.69, 9.17) is 0 Å². The van der Waals surface area contributed by atoms with Gasteiger partial charge >= 0.3 is 6.18 Å². The first-order valence-corrected chi connectivity index (χ1v) is 7.69. The van der Waals surface area contributed by atoms with Crippen molar-refractivity contribution in [2.24, 2.45) is 0 Å². The molecule has 6 nitrogen and oxygen atoms in total. The van der Waals surface area contributed by atoms with Crippen molar-refractivity contribution in [1.29, 1.82) is 0 Å². The Kier molecular flexibility index (Phi) is 4.20. The van der Waals surface area contributed by atoms with Gasteiger partial charge in [-0.25, -0.2) is 9.50 Å². The Hall–Kier alpha value is -2.16. The Morgan fingerprint density at radius 2 is 2.21 bits per heavy atom. The third-order valence-electron chi connectivity index (χ3n) is 4.26. The second kappa shape index (κ2) is 6.04. The second-order valence-corrected chi connectivity index (χ2v) is 6.08. The van der Waals surface area contributed by atoms with Gasteiger partial charge in [0.1, 0.15) is 5.69 Å². The summed E-state index contributed by atoms with van der Waals surface area (Å²) in [4.78, 5) is 18.2. The van der Waals surface area contributed by atoms with E-state index in [-0.39, 0.29) is 17.4 Å². The molecule has 1 aliphatic rings. The zero-order valence-corrected chi connectivity index (χ0v) is 13.3. The van der Waals surface area contributed by atoms with E-state index in [0.717, 1.165) is 25.1 Å². The fourth-order valence-corrected chi connectivity index (χ4v) is 2.54. The van der Waals surface area contributed by atoms with Crippen LogP contribution in [0.2, 0.25) is 0 Å². The molecule has 2 aromatic rings.